The van der Waals surface area contributed by atoms with Crippen molar-refractivity contribution in [2.24, 2.45) is 0 Å². The van der Waals surface area contributed by atoms with Crippen LogP contribution in [0, 0.1) is 5.82 Å². The second-order valence-electron chi connectivity index (χ2n) is 3.81. The Morgan fingerprint density at radius 3 is 2.26 bits per heavy atom. The third-order valence-corrected chi connectivity index (χ3v) is 2.52. The maximum atomic E-state index is 13.6. The maximum absolute atomic E-state index is 13.6. The minimum Gasteiger partial charge on any atom is -0.383 e. The molecule has 2 rings (SSSR count). The van der Waals surface area contributed by atoms with E-state index in [1.807, 2.05) is 0 Å². The van der Waals surface area contributed by atoms with Gasteiger partial charge in [-0.2, -0.15) is 13.2 Å². The van der Waals surface area contributed by atoms with Gasteiger partial charge < -0.3 is 5.11 Å². The lowest BCUT2D eigenvalue weighted by molar-refractivity contribution is -0.137. The van der Waals surface area contributed by atoms with Gasteiger partial charge in [-0.15, -0.1) is 0 Å². The number of nitrogens with zero attached hydrogens (tertiary/aromatic N) is 2. The van der Waals surface area contributed by atoms with Crippen molar-refractivity contribution in [1.29, 1.82) is 0 Å². The first kappa shape index (κ1) is 13.4. The van der Waals surface area contributed by atoms with Crippen LogP contribution in [0.3, 0.4) is 0 Å². The molecule has 1 heterocycles. The van der Waals surface area contributed by atoms with E-state index in [1.54, 1.807) is 0 Å². The zero-order valence-electron chi connectivity index (χ0n) is 9.39. The molecule has 1 aromatic heterocycles. The molecule has 0 amide bonds. The molecule has 19 heavy (non-hydrogen) atoms. The largest absolute Gasteiger partial charge is 0.416 e. The first-order valence-corrected chi connectivity index (χ1v) is 5.19. The average molecular weight is 272 g/mol. The van der Waals surface area contributed by atoms with E-state index in [2.05, 4.69) is 9.97 Å². The van der Waals surface area contributed by atoms with Gasteiger partial charge in [-0.05, 0) is 12.1 Å². The lowest BCUT2D eigenvalue weighted by Crippen LogP contribution is -2.09. The Labute approximate surface area is 105 Å². The van der Waals surface area contributed by atoms with E-state index < -0.39 is 23.7 Å². The van der Waals surface area contributed by atoms with E-state index in [9.17, 15) is 22.7 Å². The minimum atomic E-state index is -4.62. The second kappa shape index (κ2) is 4.93. The summed E-state index contributed by atoms with van der Waals surface area (Å²) in [5.74, 6) is -1.13. The Bertz CT molecular complexity index is 572. The van der Waals surface area contributed by atoms with Gasteiger partial charge in [0.2, 0.25) is 0 Å². The first-order valence-electron chi connectivity index (χ1n) is 5.19. The summed E-state index contributed by atoms with van der Waals surface area (Å²) >= 11 is 0. The number of hydrogen-bond acceptors (Lipinski definition) is 3. The van der Waals surface area contributed by atoms with Gasteiger partial charge in [0.25, 0.3) is 0 Å². The molecule has 100 valence electrons. The van der Waals surface area contributed by atoms with Gasteiger partial charge in [0.15, 0.2) is 0 Å². The van der Waals surface area contributed by atoms with Crippen LogP contribution in [0.4, 0.5) is 17.6 Å². The molecular weight excluding hydrogens is 264 g/mol. The number of aliphatic hydroxyl groups is 1. The fourth-order valence-corrected chi connectivity index (χ4v) is 1.56. The summed E-state index contributed by atoms with van der Waals surface area (Å²) in [6.45, 7) is 0. The highest BCUT2D eigenvalue weighted by Crippen LogP contribution is 2.32. The molecule has 3 nitrogen and oxygen atoms in total. The fraction of sp³-hybridized carbons (Fsp3) is 0.167. The molecule has 1 N–H and O–H groups in total. The summed E-state index contributed by atoms with van der Waals surface area (Å²) in [5.41, 5.74) is -1.17. The predicted molar refractivity (Wildman–Crippen MR) is 57.5 cm³/mol. The zero-order valence-corrected chi connectivity index (χ0v) is 9.39. The Hall–Kier alpha value is -2.02. The van der Waals surface area contributed by atoms with Crippen molar-refractivity contribution in [3.05, 3.63) is 59.4 Å². The third-order valence-electron chi connectivity index (χ3n) is 2.52. The zero-order chi connectivity index (χ0) is 14.0. The molecule has 1 aromatic carbocycles. The number of benzene rings is 1. The van der Waals surface area contributed by atoms with Gasteiger partial charge in [0, 0.05) is 23.5 Å². The van der Waals surface area contributed by atoms with Crippen molar-refractivity contribution >= 4 is 0 Å². The summed E-state index contributed by atoms with van der Waals surface area (Å²) < 4.78 is 50.7. The fourth-order valence-electron chi connectivity index (χ4n) is 1.56. The highest BCUT2D eigenvalue weighted by molar-refractivity contribution is 5.32. The molecule has 2 aromatic rings. The van der Waals surface area contributed by atoms with E-state index in [1.165, 1.54) is 18.7 Å². The molecule has 0 fully saturated rings. The van der Waals surface area contributed by atoms with Gasteiger partial charge in [0.05, 0.1) is 5.56 Å². The number of rotatable bonds is 2. The Morgan fingerprint density at radius 2 is 1.74 bits per heavy atom. The molecule has 0 aliphatic carbocycles. The summed E-state index contributed by atoms with van der Waals surface area (Å²) in [7, 11) is 0. The topological polar surface area (TPSA) is 46.0 Å². The summed E-state index contributed by atoms with van der Waals surface area (Å²) in [6, 6.07) is 1.96. The lowest BCUT2D eigenvalue weighted by atomic mass is 10.0. The molecule has 0 bridgehead atoms. The van der Waals surface area contributed by atoms with Gasteiger partial charge in [-0.1, -0.05) is 6.07 Å². The number of alkyl halides is 3. The summed E-state index contributed by atoms with van der Waals surface area (Å²) in [5, 5.41) is 9.87. The first-order chi connectivity index (χ1) is 8.89. The normalized spacial score (nSPS) is 13.3. The third kappa shape index (κ3) is 2.87. The smallest absolute Gasteiger partial charge is 0.383 e. The van der Waals surface area contributed by atoms with E-state index >= 15 is 0 Å². The van der Waals surface area contributed by atoms with Crippen LogP contribution >= 0.6 is 0 Å². The van der Waals surface area contributed by atoms with E-state index in [0.717, 1.165) is 6.07 Å². The van der Waals surface area contributed by atoms with Crippen LogP contribution in [-0.2, 0) is 6.18 Å². The second-order valence-corrected chi connectivity index (χ2v) is 3.81. The van der Waals surface area contributed by atoms with Gasteiger partial charge in [0.1, 0.15) is 18.2 Å². The van der Waals surface area contributed by atoms with Crippen molar-refractivity contribution in [3.8, 4) is 0 Å². The Kier molecular flexibility index (Phi) is 3.48. The molecule has 0 spiro atoms. The molecular formula is C12H8F4N2O. The molecule has 0 aliphatic heterocycles. The molecule has 0 saturated heterocycles. The average Bonchev–Trinajstić information content (AvgIpc) is 2.38. The monoisotopic (exact) mass is 272 g/mol. The molecule has 7 heteroatoms. The summed E-state index contributed by atoms with van der Waals surface area (Å²) in [4.78, 5) is 7.29. The van der Waals surface area contributed by atoms with Crippen LogP contribution in [0.25, 0.3) is 0 Å². The quantitative estimate of drug-likeness (QED) is 0.855. The van der Waals surface area contributed by atoms with Crippen molar-refractivity contribution in [2.75, 3.05) is 0 Å². The van der Waals surface area contributed by atoms with Crippen molar-refractivity contribution in [3.63, 3.8) is 0 Å². The highest BCUT2D eigenvalue weighted by atomic mass is 19.4. The van der Waals surface area contributed by atoms with Crippen LogP contribution in [0.15, 0.2) is 36.9 Å². The molecule has 1 unspecified atom stereocenters. The van der Waals surface area contributed by atoms with Crippen molar-refractivity contribution in [2.45, 2.75) is 12.3 Å². The van der Waals surface area contributed by atoms with Crippen LogP contribution < -0.4 is 0 Å². The van der Waals surface area contributed by atoms with Crippen LogP contribution in [0.5, 0.6) is 0 Å². The van der Waals surface area contributed by atoms with Crippen molar-refractivity contribution in [1.82, 2.24) is 9.97 Å². The van der Waals surface area contributed by atoms with Crippen molar-refractivity contribution < 1.29 is 22.7 Å². The SMILES string of the molecule is OC(c1cncnc1)c1ccc(C(F)(F)F)cc1F. The number of halogens is 4. The minimum absolute atomic E-state index is 0.196. The van der Waals surface area contributed by atoms with Gasteiger partial charge in [-0.25, -0.2) is 14.4 Å². The summed E-state index contributed by atoms with van der Waals surface area (Å²) in [6.07, 6.45) is -2.30. The Morgan fingerprint density at radius 1 is 1.11 bits per heavy atom. The number of aromatic nitrogens is 2. The maximum Gasteiger partial charge on any atom is 0.416 e. The number of aliphatic hydroxyl groups excluding tert-OH is 1. The van der Waals surface area contributed by atoms with E-state index in [-0.39, 0.29) is 11.1 Å². The Balaban J connectivity index is 2.37. The van der Waals surface area contributed by atoms with Crippen LogP contribution in [0.2, 0.25) is 0 Å². The molecule has 0 radical (unpaired) electrons. The van der Waals surface area contributed by atoms with Crippen LogP contribution in [-0.4, -0.2) is 15.1 Å². The lowest BCUT2D eigenvalue weighted by Gasteiger charge is -2.13. The molecule has 0 saturated carbocycles. The number of hydrogen-bond donors (Lipinski definition) is 1. The van der Waals surface area contributed by atoms with Crippen LogP contribution in [0.1, 0.15) is 22.8 Å². The van der Waals surface area contributed by atoms with E-state index in [4.69, 9.17) is 0 Å². The van der Waals surface area contributed by atoms with Gasteiger partial charge in [-0.3, -0.25) is 0 Å². The highest BCUT2D eigenvalue weighted by Gasteiger charge is 2.31. The standard InChI is InChI=1S/C12H8F4N2O/c13-10-3-8(12(14,15)16)1-2-9(10)11(19)7-4-17-6-18-5-7/h1-6,11,19H. The molecule has 1 atom stereocenters. The van der Waals surface area contributed by atoms with Gasteiger partial charge >= 0.3 is 6.18 Å². The molecule has 0 aliphatic rings. The van der Waals surface area contributed by atoms with E-state index in [0.29, 0.717) is 12.1 Å². The predicted octanol–water partition coefficient (Wildman–Crippen LogP) is 2.72.